The van der Waals surface area contributed by atoms with Crippen molar-refractivity contribution < 1.29 is 0 Å². The minimum atomic E-state index is 1.10. The second kappa shape index (κ2) is 11.6. The van der Waals surface area contributed by atoms with Gasteiger partial charge in [-0.1, -0.05) is 127 Å². The Labute approximate surface area is 317 Å². The summed E-state index contributed by atoms with van der Waals surface area (Å²) in [5.41, 5.74) is 13.1. The van der Waals surface area contributed by atoms with Crippen LogP contribution >= 0.6 is 0 Å². The van der Waals surface area contributed by atoms with E-state index in [4.69, 9.17) is 0 Å². The Hall–Kier alpha value is -7.36. The highest BCUT2D eigenvalue weighted by molar-refractivity contribution is 6.36. The summed E-state index contributed by atoms with van der Waals surface area (Å²) in [5, 5.41) is 10.2. The third-order valence-electron chi connectivity index (χ3n) is 11.6. The van der Waals surface area contributed by atoms with Crippen molar-refractivity contribution in [3.63, 3.8) is 0 Å². The van der Waals surface area contributed by atoms with Crippen molar-refractivity contribution in [3.8, 4) is 16.8 Å². The van der Waals surface area contributed by atoms with Crippen molar-refractivity contribution in [2.45, 2.75) is 0 Å². The molecule has 0 radical (unpaired) electrons. The lowest BCUT2D eigenvalue weighted by atomic mass is 9.99. The van der Waals surface area contributed by atoms with Gasteiger partial charge in [0.2, 0.25) is 0 Å². The molecule has 55 heavy (non-hydrogen) atoms. The van der Waals surface area contributed by atoms with Crippen LogP contribution in [-0.4, -0.2) is 8.97 Å². The van der Waals surface area contributed by atoms with E-state index >= 15 is 0 Å². The first kappa shape index (κ1) is 30.1. The molecular weight excluding hydrogens is 667 g/mol. The van der Waals surface area contributed by atoms with Gasteiger partial charge in [0.05, 0.1) is 27.6 Å². The largest absolute Gasteiger partial charge is 0.311 e. The van der Waals surface area contributed by atoms with Crippen molar-refractivity contribution in [2.75, 3.05) is 4.90 Å². The normalized spacial score (nSPS) is 12.0. The molecular formula is C52H33N3. The highest BCUT2D eigenvalue weighted by atomic mass is 15.1. The number of nitrogens with zero attached hydrogens (tertiary/aromatic N) is 3. The maximum atomic E-state index is 2.51. The fraction of sp³-hybridized carbons (Fsp3) is 0. The van der Waals surface area contributed by atoms with Gasteiger partial charge in [-0.2, -0.15) is 0 Å². The number of benzene rings is 9. The number of rotatable bonds is 5. The van der Waals surface area contributed by atoms with Crippen molar-refractivity contribution in [3.05, 3.63) is 200 Å². The zero-order chi connectivity index (χ0) is 36.0. The molecule has 3 aromatic heterocycles. The molecule has 3 nitrogen and oxygen atoms in total. The molecule has 0 saturated carbocycles. The summed E-state index contributed by atoms with van der Waals surface area (Å²) in [6.45, 7) is 0. The molecule has 3 heterocycles. The molecule has 256 valence electrons. The Morgan fingerprint density at radius 1 is 0.327 bits per heavy atom. The Morgan fingerprint density at radius 2 is 0.873 bits per heavy atom. The third-order valence-corrected chi connectivity index (χ3v) is 11.6. The molecule has 0 amide bonds. The zero-order valence-corrected chi connectivity index (χ0v) is 29.9. The van der Waals surface area contributed by atoms with Gasteiger partial charge in [-0.25, -0.2) is 0 Å². The van der Waals surface area contributed by atoms with Crippen molar-refractivity contribution in [1.29, 1.82) is 0 Å². The molecule has 0 N–H and O–H groups in total. The van der Waals surface area contributed by atoms with E-state index in [0.29, 0.717) is 0 Å². The van der Waals surface area contributed by atoms with Gasteiger partial charge in [-0.3, -0.25) is 0 Å². The number of hydrogen-bond donors (Lipinski definition) is 0. The highest BCUT2D eigenvalue weighted by Crippen LogP contribution is 2.47. The van der Waals surface area contributed by atoms with Crippen molar-refractivity contribution >= 4 is 87.7 Å². The Bertz CT molecular complexity index is 3390. The molecule has 0 bridgehead atoms. The van der Waals surface area contributed by atoms with Crippen LogP contribution in [0.15, 0.2) is 200 Å². The van der Waals surface area contributed by atoms with E-state index in [-0.39, 0.29) is 0 Å². The molecule has 0 saturated heterocycles. The second-order valence-corrected chi connectivity index (χ2v) is 14.5. The summed E-state index contributed by atoms with van der Waals surface area (Å²) in [6, 6.07) is 73.0. The lowest BCUT2D eigenvalue weighted by Gasteiger charge is -2.26. The fourth-order valence-corrected chi connectivity index (χ4v) is 9.25. The minimum absolute atomic E-state index is 1.10. The van der Waals surface area contributed by atoms with Crippen LogP contribution in [0.5, 0.6) is 0 Å². The van der Waals surface area contributed by atoms with Gasteiger partial charge in [0.25, 0.3) is 0 Å². The topological polar surface area (TPSA) is 12.6 Å². The van der Waals surface area contributed by atoms with Crippen molar-refractivity contribution in [2.24, 2.45) is 0 Å². The molecule has 0 aliphatic rings. The van der Waals surface area contributed by atoms with Gasteiger partial charge in [0.15, 0.2) is 0 Å². The Kier molecular flexibility index (Phi) is 6.34. The number of anilines is 3. The van der Waals surface area contributed by atoms with E-state index in [1.165, 1.54) is 81.8 Å². The summed E-state index contributed by atoms with van der Waals surface area (Å²) in [6.07, 6.45) is 0. The minimum Gasteiger partial charge on any atom is -0.311 e. The monoisotopic (exact) mass is 699 g/mol. The molecule has 0 aliphatic carbocycles. The van der Waals surface area contributed by atoms with Gasteiger partial charge in [-0.15, -0.1) is 0 Å². The summed E-state index contributed by atoms with van der Waals surface area (Å²) in [5.74, 6) is 0. The predicted molar refractivity (Wildman–Crippen MR) is 233 cm³/mol. The number of para-hydroxylation sites is 3. The molecule has 0 unspecified atom stereocenters. The first-order valence-electron chi connectivity index (χ1n) is 18.9. The average molecular weight is 700 g/mol. The second-order valence-electron chi connectivity index (χ2n) is 14.5. The molecule has 0 fully saturated rings. The standard InChI is InChI=1S/C52H33N3/c1-3-13-34(14-4-1)35-23-25-38(26-24-35)53(37-16-5-2-6-17-37)39-27-29-40(30-28-39)54-48-32-31-44-42-19-9-11-21-46(42)55-47-22-12-10-20-43(47)45-33-36-15-7-8-18-41(36)51(54)49(45)50(48)52(44)55/h1-33H. The fourth-order valence-electron chi connectivity index (χ4n) is 9.25. The maximum absolute atomic E-state index is 2.51. The molecule has 0 atom stereocenters. The van der Waals surface area contributed by atoms with Crippen LogP contribution in [0.1, 0.15) is 0 Å². The summed E-state index contributed by atoms with van der Waals surface area (Å²) < 4.78 is 5.03. The molecule has 12 aromatic rings. The van der Waals surface area contributed by atoms with Gasteiger partial charge in [0.1, 0.15) is 0 Å². The SMILES string of the molecule is c1ccc(-c2ccc(N(c3ccccc3)c3ccc(-n4c5ccc6c7ccccc7n7c8ccccc8c8cc9ccccc9c4c8c5c67)cc3)cc2)cc1. The van der Waals surface area contributed by atoms with Gasteiger partial charge in [-0.05, 0) is 94.7 Å². The number of hydrogen-bond acceptors (Lipinski definition) is 1. The summed E-state index contributed by atoms with van der Waals surface area (Å²) >= 11 is 0. The molecule has 0 spiro atoms. The molecule has 3 heteroatoms. The Balaban J connectivity index is 1.13. The Morgan fingerprint density at radius 3 is 1.58 bits per heavy atom. The van der Waals surface area contributed by atoms with Gasteiger partial charge in [0, 0.05) is 55.1 Å². The van der Waals surface area contributed by atoms with Crippen LogP contribution < -0.4 is 4.90 Å². The van der Waals surface area contributed by atoms with Gasteiger partial charge < -0.3 is 13.9 Å². The van der Waals surface area contributed by atoms with Crippen LogP contribution in [0, 0.1) is 0 Å². The summed E-state index contributed by atoms with van der Waals surface area (Å²) in [4.78, 5) is 2.34. The third kappa shape index (κ3) is 4.32. The zero-order valence-electron chi connectivity index (χ0n) is 29.9. The van der Waals surface area contributed by atoms with Crippen LogP contribution in [-0.2, 0) is 0 Å². The van der Waals surface area contributed by atoms with Crippen LogP contribution in [0.3, 0.4) is 0 Å². The number of aromatic nitrogens is 2. The van der Waals surface area contributed by atoms with E-state index in [1.54, 1.807) is 0 Å². The smallest absolute Gasteiger partial charge is 0.0641 e. The molecule has 0 aliphatic heterocycles. The highest BCUT2D eigenvalue weighted by Gasteiger charge is 2.25. The van der Waals surface area contributed by atoms with E-state index in [2.05, 4.69) is 214 Å². The lowest BCUT2D eigenvalue weighted by Crippen LogP contribution is -2.10. The van der Waals surface area contributed by atoms with E-state index in [1.807, 2.05) is 0 Å². The van der Waals surface area contributed by atoms with E-state index in [0.717, 1.165) is 22.7 Å². The molecule has 12 rings (SSSR count). The maximum Gasteiger partial charge on any atom is 0.0641 e. The van der Waals surface area contributed by atoms with E-state index in [9.17, 15) is 0 Å². The lowest BCUT2D eigenvalue weighted by molar-refractivity contribution is 1.18. The summed E-state index contributed by atoms with van der Waals surface area (Å²) in [7, 11) is 0. The van der Waals surface area contributed by atoms with Crippen molar-refractivity contribution in [1.82, 2.24) is 8.97 Å². The quantitative estimate of drug-likeness (QED) is 0.174. The van der Waals surface area contributed by atoms with E-state index < -0.39 is 0 Å². The first-order valence-corrected chi connectivity index (χ1v) is 18.9. The predicted octanol–water partition coefficient (Wildman–Crippen LogP) is 14.2. The first-order chi connectivity index (χ1) is 27.3. The average Bonchev–Trinajstić information content (AvgIpc) is 3.74. The van der Waals surface area contributed by atoms with Crippen LogP contribution in [0.2, 0.25) is 0 Å². The van der Waals surface area contributed by atoms with Gasteiger partial charge >= 0.3 is 0 Å². The van der Waals surface area contributed by atoms with Crippen LogP contribution in [0.4, 0.5) is 17.1 Å². The van der Waals surface area contributed by atoms with Crippen LogP contribution in [0.25, 0.3) is 87.5 Å². The molecule has 9 aromatic carbocycles. The number of fused-ring (bicyclic) bond motifs is 8.